The second kappa shape index (κ2) is 9.24. The van der Waals surface area contributed by atoms with Crippen molar-refractivity contribution in [2.45, 2.75) is 33.2 Å². The Morgan fingerprint density at radius 2 is 1.74 bits per heavy atom. The molecule has 2 aromatic carbocycles. The largest absolute Gasteiger partial charge is 0.352 e. The van der Waals surface area contributed by atoms with Gasteiger partial charge < -0.3 is 5.32 Å². The Bertz CT molecular complexity index is 893. The zero-order chi connectivity index (χ0) is 20.0. The highest BCUT2D eigenvalue weighted by molar-refractivity contribution is 7.92. The van der Waals surface area contributed by atoms with Crippen LogP contribution >= 0.6 is 11.6 Å². The van der Waals surface area contributed by atoms with Gasteiger partial charge >= 0.3 is 0 Å². The van der Waals surface area contributed by atoms with Crippen molar-refractivity contribution < 1.29 is 13.2 Å². The van der Waals surface area contributed by atoms with Crippen molar-refractivity contribution in [2.75, 3.05) is 17.1 Å². The third-order valence-corrected chi connectivity index (χ3v) is 5.66. The lowest BCUT2D eigenvalue weighted by Crippen LogP contribution is -2.32. The Morgan fingerprint density at radius 3 is 2.33 bits per heavy atom. The molecule has 0 radical (unpaired) electrons. The molecule has 0 saturated carbocycles. The van der Waals surface area contributed by atoms with Gasteiger partial charge in [-0.25, -0.2) is 8.42 Å². The fourth-order valence-corrected chi connectivity index (χ4v) is 4.04. The van der Waals surface area contributed by atoms with Gasteiger partial charge in [0.2, 0.25) is 15.9 Å². The molecule has 0 heterocycles. The molecule has 0 aliphatic heterocycles. The molecule has 0 unspecified atom stereocenters. The molecule has 0 spiro atoms. The summed E-state index contributed by atoms with van der Waals surface area (Å²) in [5, 5.41) is 3.43. The number of anilines is 1. The number of carbonyl (C=O) groups is 1. The Hall–Kier alpha value is -2.05. The Kier molecular flexibility index (Phi) is 7.27. The highest BCUT2D eigenvalue weighted by Gasteiger charge is 2.18. The highest BCUT2D eigenvalue weighted by atomic mass is 35.5. The second-order valence-electron chi connectivity index (χ2n) is 6.65. The van der Waals surface area contributed by atoms with Crippen LogP contribution in [0.4, 0.5) is 5.69 Å². The maximum Gasteiger partial charge on any atom is 0.232 e. The van der Waals surface area contributed by atoms with E-state index in [0.29, 0.717) is 23.7 Å². The van der Waals surface area contributed by atoms with Crippen LogP contribution in [0.25, 0.3) is 0 Å². The van der Waals surface area contributed by atoms with Crippen LogP contribution in [0.3, 0.4) is 0 Å². The lowest BCUT2D eigenvalue weighted by atomic mass is 10.1. The molecule has 7 heteroatoms. The fraction of sp³-hybridized carbons (Fsp3) is 0.350. The number of benzene rings is 2. The first kappa shape index (κ1) is 21.3. The minimum absolute atomic E-state index is 0.135. The molecule has 0 aromatic heterocycles. The van der Waals surface area contributed by atoms with E-state index in [9.17, 15) is 13.2 Å². The lowest BCUT2D eigenvalue weighted by molar-refractivity contribution is -0.121. The number of hydrogen-bond donors (Lipinski definition) is 1. The monoisotopic (exact) mass is 408 g/mol. The van der Waals surface area contributed by atoms with E-state index in [2.05, 4.69) is 5.32 Å². The van der Waals surface area contributed by atoms with Gasteiger partial charge in [0.25, 0.3) is 0 Å². The van der Waals surface area contributed by atoms with E-state index in [4.69, 9.17) is 11.6 Å². The van der Waals surface area contributed by atoms with Crippen LogP contribution in [0.15, 0.2) is 42.5 Å². The second-order valence-corrected chi connectivity index (χ2v) is 8.97. The third kappa shape index (κ3) is 6.56. The summed E-state index contributed by atoms with van der Waals surface area (Å²) in [6, 6.07) is 13.0. The van der Waals surface area contributed by atoms with Crippen molar-refractivity contribution >= 4 is 33.2 Å². The number of amides is 1. The summed E-state index contributed by atoms with van der Waals surface area (Å²) >= 11 is 6.07. The van der Waals surface area contributed by atoms with E-state index >= 15 is 0 Å². The van der Waals surface area contributed by atoms with Crippen molar-refractivity contribution in [3.05, 3.63) is 64.2 Å². The Morgan fingerprint density at radius 1 is 1.11 bits per heavy atom. The van der Waals surface area contributed by atoms with E-state index in [1.165, 1.54) is 10.6 Å². The summed E-state index contributed by atoms with van der Waals surface area (Å²) in [6.45, 7) is 4.46. The minimum atomic E-state index is -3.43. The molecule has 1 N–H and O–H groups in total. The predicted octanol–water partition coefficient (Wildman–Crippen LogP) is 3.82. The van der Waals surface area contributed by atoms with Crippen molar-refractivity contribution in [3.8, 4) is 0 Å². The fourth-order valence-electron chi connectivity index (χ4n) is 2.89. The van der Waals surface area contributed by atoms with Gasteiger partial charge in [-0.15, -0.1) is 0 Å². The topological polar surface area (TPSA) is 66.5 Å². The normalized spacial score (nSPS) is 11.3. The van der Waals surface area contributed by atoms with E-state index < -0.39 is 10.0 Å². The summed E-state index contributed by atoms with van der Waals surface area (Å²) in [4.78, 5) is 12.1. The van der Waals surface area contributed by atoms with Gasteiger partial charge in [-0.05, 0) is 55.2 Å². The average molecular weight is 409 g/mol. The van der Waals surface area contributed by atoms with E-state index in [0.717, 1.165) is 16.7 Å². The molecule has 27 heavy (non-hydrogen) atoms. The van der Waals surface area contributed by atoms with Crippen molar-refractivity contribution in [3.63, 3.8) is 0 Å². The molecule has 1 amide bonds. The number of hydrogen-bond acceptors (Lipinski definition) is 3. The number of nitrogens with one attached hydrogen (secondary N) is 1. The third-order valence-electron chi connectivity index (χ3n) is 4.09. The van der Waals surface area contributed by atoms with Gasteiger partial charge in [-0.2, -0.15) is 0 Å². The van der Waals surface area contributed by atoms with Crippen molar-refractivity contribution in [1.82, 2.24) is 5.32 Å². The first-order chi connectivity index (χ1) is 12.7. The first-order valence-corrected chi connectivity index (χ1v) is 11.0. The van der Waals surface area contributed by atoms with E-state index in [1.54, 1.807) is 6.07 Å². The molecule has 0 aliphatic carbocycles. The quantitative estimate of drug-likeness (QED) is 0.722. The van der Waals surface area contributed by atoms with Crippen molar-refractivity contribution in [1.29, 1.82) is 0 Å². The van der Waals surface area contributed by atoms with Crippen LogP contribution in [-0.4, -0.2) is 27.1 Å². The molecule has 0 aliphatic rings. The first-order valence-electron chi connectivity index (χ1n) is 8.73. The summed E-state index contributed by atoms with van der Waals surface area (Å²) in [6.07, 6.45) is 1.85. The summed E-state index contributed by atoms with van der Waals surface area (Å²) in [5.41, 5.74) is 3.47. The smallest absolute Gasteiger partial charge is 0.232 e. The number of nitrogens with zero attached hydrogens (tertiary/aromatic N) is 1. The van der Waals surface area contributed by atoms with Crippen LogP contribution < -0.4 is 9.62 Å². The standard InChI is InChI=1S/C20H25ClN2O3S/c1-15-11-16(2)13-18(12-15)23(27(3,25)26)10-6-9-20(24)22-14-17-7-4-5-8-19(17)21/h4-5,7-8,11-13H,6,9-10,14H2,1-3H3,(H,22,24). The van der Waals surface area contributed by atoms with Crippen LogP contribution in [-0.2, 0) is 21.4 Å². The minimum Gasteiger partial charge on any atom is -0.352 e. The zero-order valence-corrected chi connectivity index (χ0v) is 17.4. The molecule has 5 nitrogen and oxygen atoms in total. The van der Waals surface area contributed by atoms with Gasteiger partial charge in [-0.3, -0.25) is 9.10 Å². The number of carbonyl (C=O) groups excluding carboxylic acids is 1. The summed E-state index contributed by atoms with van der Waals surface area (Å²) in [7, 11) is -3.43. The van der Waals surface area contributed by atoms with Gasteiger partial charge in [0.15, 0.2) is 0 Å². The predicted molar refractivity (Wildman–Crippen MR) is 111 cm³/mol. The molecule has 146 valence electrons. The molecule has 2 rings (SSSR count). The van der Waals surface area contributed by atoms with Crippen LogP contribution in [0.2, 0.25) is 5.02 Å². The van der Waals surface area contributed by atoms with Crippen LogP contribution in [0, 0.1) is 13.8 Å². The summed E-state index contributed by atoms with van der Waals surface area (Å²) in [5.74, 6) is -0.135. The lowest BCUT2D eigenvalue weighted by Gasteiger charge is -2.23. The molecule has 0 atom stereocenters. The van der Waals surface area contributed by atoms with Crippen LogP contribution in [0.5, 0.6) is 0 Å². The number of sulfonamides is 1. The SMILES string of the molecule is Cc1cc(C)cc(N(CCCC(=O)NCc2ccccc2Cl)S(C)(=O)=O)c1. The molecule has 0 saturated heterocycles. The number of aryl methyl sites for hydroxylation is 2. The van der Waals surface area contributed by atoms with E-state index in [-0.39, 0.29) is 18.9 Å². The van der Waals surface area contributed by atoms with Gasteiger partial charge in [0.05, 0.1) is 11.9 Å². The maximum atomic E-state index is 12.2. The maximum absolute atomic E-state index is 12.2. The molecule has 0 bridgehead atoms. The molecular formula is C20H25ClN2O3S. The van der Waals surface area contributed by atoms with Gasteiger partial charge in [0.1, 0.15) is 0 Å². The molecule has 0 fully saturated rings. The highest BCUT2D eigenvalue weighted by Crippen LogP contribution is 2.22. The van der Waals surface area contributed by atoms with Crippen molar-refractivity contribution in [2.24, 2.45) is 0 Å². The average Bonchev–Trinajstić information content (AvgIpc) is 2.56. The Balaban J connectivity index is 1.94. The Labute approximate surface area is 166 Å². The molecule has 2 aromatic rings. The molecular weight excluding hydrogens is 384 g/mol. The number of halogens is 1. The van der Waals surface area contributed by atoms with Crippen LogP contribution in [0.1, 0.15) is 29.5 Å². The number of rotatable bonds is 8. The zero-order valence-electron chi connectivity index (χ0n) is 15.8. The van der Waals surface area contributed by atoms with E-state index in [1.807, 2.05) is 50.2 Å². The van der Waals surface area contributed by atoms with Gasteiger partial charge in [0, 0.05) is 24.5 Å². The summed E-state index contributed by atoms with van der Waals surface area (Å²) < 4.78 is 25.7. The van der Waals surface area contributed by atoms with Gasteiger partial charge in [-0.1, -0.05) is 35.9 Å².